The fourth-order valence-electron chi connectivity index (χ4n) is 1.80. The van der Waals surface area contributed by atoms with Crippen LogP contribution in [0.5, 0.6) is 11.5 Å². The summed E-state index contributed by atoms with van der Waals surface area (Å²) in [5.74, 6) is -1.40. The summed E-state index contributed by atoms with van der Waals surface area (Å²) in [5, 5.41) is 21.1. The van der Waals surface area contributed by atoms with Crippen LogP contribution in [0.1, 0.15) is 25.8 Å². The van der Waals surface area contributed by atoms with Crippen LogP contribution in [-0.2, 0) is 16.0 Å². The molecule has 6 heteroatoms. The second kappa shape index (κ2) is 7.64. The molecule has 1 aromatic rings. The van der Waals surface area contributed by atoms with Gasteiger partial charge in [-0.3, -0.25) is 9.59 Å². The molecule has 5 N–H and O–H groups in total. The molecule has 6 nitrogen and oxygen atoms in total. The number of carbonyl (C=O) groups excluding carboxylic acids is 2. The van der Waals surface area contributed by atoms with E-state index in [0.717, 1.165) is 5.56 Å². The molecule has 0 heterocycles. The summed E-state index contributed by atoms with van der Waals surface area (Å²) >= 11 is 0. The summed E-state index contributed by atoms with van der Waals surface area (Å²) in [5.41, 5.74) is 6.38. The highest BCUT2D eigenvalue weighted by molar-refractivity contribution is 6.05. The molecule has 0 bridgehead atoms. The summed E-state index contributed by atoms with van der Waals surface area (Å²) in [4.78, 5) is 23.6. The minimum Gasteiger partial charge on any atom is -0.504 e. The zero-order valence-electron chi connectivity index (χ0n) is 12.3. The molecular formula is C15H22N2O4. The number of nitrogens with one attached hydrogen (secondary N) is 1. The molecule has 2 atom stereocenters. The van der Waals surface area contributed by atoms with E-state index in [1.54, 1.807) is 13.0 Å². The van der Waals surface area contributed by atoms with Crippen molar-refractivity contribution in [2.45, 2.75) is 32.7 Å². The Hall–Kier alpha value is -2.08. The zero-order valence-corrected chi connectivity index (χ0v) is 12.3. The molecule has 0 aliphatic rings. The van der Waals surface area contributed by atoms with Crippen LogP contribution in [0.3, 0.4) is 0 Å². The molecular weight excluding hydrogens is 272 g/mol. The zero-order chi connectivity index (χ0) is 16.0. The van der Waals surface area contributed by atoms with Gasteiger partial charge >= 0.3 is 0 Å². The normalized spacial score (nSPS) is 13.5. The molecule has 0 spiro atoms. The Morgan fingerprint density at radius 2 is 1.95 bits per heavy atom. The van der Waals surface area contributed by atoms with Gasteiger partial charge in [-0.25, -0.2) is 0 Å². The van der Waals surface area contributed by atoms with Crippen LogP contribution in [0.2, 0.25) is 0 Å². The number of carbonyl (C=O) groups is 2. The minimum atomic E-state index is -1.15. The van der Waals surface area contributed by atoms with Gasteiger partial charge in [-0.05, 0) is 30.5 Å². The van der Waals surface area contributed by atoms with Gasteiger partial charge in [0.15, 0.2) is 17.3 Å². The van der Waals surface area contributed by atoms with Crippen molar-refractivity contribution < 1.29 is 19.8 Å². The van der Waals surface area contributed by atoms with E-state index in [1.165, 1.54) is 12.1 Å². The third kappa shape index (κ3) is 4.75. The highest BCUT2D eigenvalue weighted by Gasteiger charge is 2.25. The van der Waals surface area contributed by atoms with Gasteiger partial charge in [0.2, 0.25) is 5.91 Å². The van der Waals surface area contributed by atoms with Crippen molar-refractivity contribution in [3.8, 4) is 11.5 Å². The van der Waals surface area contributed by atoms with Crippen molar-refractivity contribution >= 4 is 11.7 Å². The van der Waals surface area contributed by atoms with Crippen molar-refractivity contribution in [3.05, 3.63) is 23.8 Å². The predicted molar refractivity (Wildman–Crippen MR) is 78.9 cm³/mol. The standard InChI is InChI=1S/C15H22N2O4/c1-3-9(2)14(20)13(16)15(21)17-7-6-10-4-5-11(18)12(19)8-10/h4-5,8-9,13,18-19H,3,6-7,16H2,1-2H3,(H,17,21). The average molecular weight is 294 g/mol. The largest absolute Gasteiger partial charge is 0.504 e. The van der Waals surface area contributed by atoms with E-state index >= 15 is 0 Å². The summed E-state index contributed by atoms with van der Waals surface area (Å²) < 4.78 is 0. The first-order valence-electron chi connectivity index (χ1n) is 6.94. The summed E-state index contributed by atoms with van der Waals surface area (Å²) in [6, 6.07) is 3.30. The molecule has 1 amide bonds. The van der Waals surface area contributed by atoms with Crippen LogP contribution in [-0.4, -0.2) is 34.5 Å². The first-order chi connectivity index (χ1) is 9.86. The Bertz CT molecular complexity index is 516. The van der Waals surface area contributed by atoms with E-state index in [0.29, 0.717) is 19.4 Å². The first kappa shape index (κ1) is 17.0. The second-order valence-corrected chi connectivity index (χ2v) is 5.05. The highest BCUT2D eigenvalue weighted by atomic mass is 16.3. The van der Waals surface area contributed by atoms with Gasteiger partial charge in [-0.15, -0.1) is 0 Å². The lowest BCUT2D eigenvalue weighted by Gasteiger charge is -2.14. The lowest BCUT2D eigenvalue weighted by atomic mass is 9.97. The van der Waals surface area contributed by atoms with Crippen LogP contribution in [0.4, 0.5) is 0 Å². The number of nitrogens with two attached hydrogens (primary N) is 1. The molecule has 0 aliphatic heterocycles. The third-order valence-electron chi connectivity index (χ3n) is 3.44. The number of rotatable bonds is 7. The molecule has 0 aromatic heterocycles. The van der Waals surface area contributed by atoms with Crippen LogP contribution >= 0.6 is 0 Å². The van der Waals surface area contributed by atoms with Gasteiger partial charge in [0.05, 0.1) is 0 Å². The minimum absolute atomic E-state index is 0.191. The topological polar surface area (TPSA) is 113 Å². The van der Waals surface area contributed by atoms with Crippen molar-refractivity contribution in [3.63, 3.8) is 0 Å². The van der Waals surface area contributed by atoms with Crippen molar-refractivity contribution in [1.29, 1.82) is 0 Å². The van der Waals surface area contributed by atoms with Crippen LogP contribution in [0, 0.1) is 5.92 Å². The lowest BCUT2D eigenvalue weighted by molar-refractivity contribution is -0.132. The van der Waals surface area contributed by atoms with Crippen LogP contribution < -0.4 is 11.1 Å². The maximum atomic E-state index is 11.8. The number of phenolic OH excluding ortho intramolecular Hbond substituents is 2. The Morgan fingerprint density at radius 1 is 1.29 bits per heavy atom. The van der Waals surface area contributed by atoms with Gasteiger partial charge < -0.3 is 21.3 Å². The Balaban J connectivity index is 2.46. The third-order valence-corrected chi connectivity index (χ3v) is 3.44. The van der Waals surface area contributed by atoms with Crippen LogP contribution in [0.15, 0.2) is 18.2 Å². The van der Waals surface area contributed by atoms with E-state index < -0.39 is 11.9 Å². The smallest absolute Gasteiger partial charge is 0.244 e. The number of aromatic hydroxyl groups is 2. The average Bonchev–Trinajstić information content (AvgIpc) is 2.48. The van der Waals surface area contributed by atoms with Gasteiger partial charge in [-0.2, -0.15) is 0 Å². The summed E-state index contributed by atoms with van der Waals surface area (Å²) in [6.07, 6.45) is 1.11. The monoisotopic (exact) mass is 294 g/mol. The highest BCUT2D eigenvalue weighted by Crippen LogP contribution is 2.24. The molecule has 0 saturated heterocycles. The summed E-state index contributed by atoms with van der Waals surface area (Å²) in [7, 11) is 0. The van der Waals surface area contributed by atoms with Gasteiger partial charge in [0, 0.05) is 12.5 Å². The van der Waals surface area contributed by atoms with Gasteiger partial charge in [-0.1, -0.05) is 19.9 Å². The molecule has 0 saturated carbocycles. The molecule has 116 valence electrons. The number of phenols is 2. The van der Waals surface area contributed by atoms with E-state index in [-0.39, 0.29) is 23.2 Å². The fraction of sp³-hybridized carbons (Fsp3) is 0.467. The first-order valence-corrected chi connectivity index (χ1v) is 6.94. The van der Waals surface area contributed by atoms with Gasteiger partial charge in [0.1, 0.15) is 6.04 Å². The van der Waals surface area contributed by atoms with Crippen molar-refractivity contribution in [2.24, 2.45) is 11.7 Å². The maximum Gasteiger partial charge on any atom is 0.244 e. The Kier molecular flexibility index (Phi) is 6.17. The quantitative estimate of drug-likeness (QED) is 0.437. The maximum absolute atomic E-state index is 11.8. The number of ketones is 1. The van der Waals surface area contributed by atoms with E-state index in [1.807, 2.05) is 6.92 Å². The lowest BCUT2D eigenvalue weighted by Crippen LogP contribution is -2.48. The van der Waals surface area contributed by atoms with E-state index in [9.17, 15) is 19.8 Å². The number of hydrogen-bond donors (Lipinski definition) is 4. The molecule has 1 rings (SSSR count). The summed E-state index contributed by atoms with van der Waals surface area (Å²) in [6.45, 7) is 3.91. The Labute approximate surface area is 124 Å². The van der Waals surface area contributed by atoms with Gasteiger partial charge in [0.25, 0.3) is 0 Å². The van der Waals surface area contributed by atoms with E-state index in [2.05, 4.69) is 5.32 Å². The number of benzene rings is 1. The molecule has 0 aliphatic carbocycles. The fourth-order valence-corrected chi connectivity index (χ4v) is 1.80. The van der Waals surface area contributed by atoms with Crippen molar-refractivity contribution in [1.82, 2.24) is 5.32 Å². The Morgan fingerprint density at radius 3 is 2.52 bits per heavy atom. The number of amides is 1. The van der Waals surface area contributed by atoms with Crippen molar-refractivity contribution in [2.75, 3.05) is 6.54 Å². The molecule has 0 fully saturated rings. The van der Waals surface area contributed by atoms with E-state index in [4.69, 9.17) is 5.73 Å². The number of hydrogen-bond acceptors (Lipinski definition) is 5. The second-order valence-electron chi connectivity index (χ2n) is 5.05. The molecule has 2 unspecified atom stereocenters. The SMILES string of the molecule is CCC(C)C(=O)C(N)C(=O)NCCc1ccc(O)c(O)c1. The molecule has 0 radical (unpaired) electrons. The predicted octanol–water partition coefficient (Wildman–Crippen LogP) is 0.699. The number of Topliss-reactive ketones (excluding diaryl/α,β-unsaturated/α-hetero) is 1. The molecule has 21 heavy (non-hydrogen) atoms. The van der Waals surface area contributed by atoms with Crippen LogP contribution in [0.25, 0.3) is 0 Å². The molecule has 1 aromatic carbocycles.